The van der Waals surface area contributed by atoms with E-state index in [1.54, 1.807) is 12.1 Å². The number of aromatic nitrogens is 2. The molecule has 120 valence electrons. The van der Waals surface area contributed by atoms with Crippen molar-refractivity contribution >= 4 is 44.0 Å². The van der Waals surface area contributed by atoms with E-state index in [4.69, 9.17) is 11.6 Å². The largest absolute Gasteiger partial charge is 0.341 e. The first-order valence-electron chi connectivity index (χ1n) is 7.27. The van der Waals surface area contributed by atoms with Crippen molar-refractivity contribution in [3.63, 3.8) is 0 Å². The molecule has 0 aliphatic carbocycles. The van der Waals surface area contributed by atoms with Gasteiger partial charge in [0, 0.05) is 6.54 Å². The summed E-state index contributed by atoms with van der Waals surface area (Å²) in [6.07, 6.45) is 1.58. The Morgan fingerprint density at radius 3 is 2.83 bits per heavy atom. The highest BCUT2D eigenvalue weighted by Crippen LogP contribution is 2.38. The summed E-state index contributed by atoms with van der Waals surface area (Å²) < 4.78 is 28.1. The van der Waals surface area contributed by atoms with E-state index in [9.17, 15) is 8.42 Å². The summed E-state index contributed by atoms with van der Waals surface area (Å²) in [5, 5.41) is 0. The molecule has 0 unspecified atom stereocenters. The summed E-state index contributed by atoms with van der Waals surface area (Å²) in [5.41, 5.74) is 1.77. The third-order valence-corrected chi connectivity index (χ3v) is 7.65. The fourth-order valence-corrected chi connectivity index (χ4v) is 6.26. The molecule has 1 aromatic carbocycles. The van der Waals surface area contributed by atoms with Gasteiger partial charge in [-0.25, -0.2) is 13.4 Å². The van der Waals surface area contributed by atoms with E-state index in [1.807, 2.05) is 24.3 Å². The highest BCUT2D eigenvalue weighted by molar-refractivity contribution is 7.91. The van der Waals surface area contributed by atoms with E-state index in [0.717, 1.165) is 35.2 Å². The second-order valence-corrected chi connectivity index (χ2v) is 9.30. The number of nitrogens with one attached hydrogen (secondary N) is 1. The van der Waals surface area contributed by atoms with E-state index in [1.165, 1.54) is 4.31 Å². The second kappa shape index (κ2) is 5.59. The zero-order chi connectivity index (χ0) is 16.0. The van der Waals surface area contributed by atoms with Crippen LogP contribution in [-0.4, -0.2) is 29.2 Å². The molecule has 0 amide bonds. The van der Waals surface area contributed by atoms with Crippen LogP contribution in [0.15, 0.2) is 40.6 Å². The van der Waals surface area contributed by atoms with Gasteiger partial charge in [0.1, 0.15) is 10.0 Å². The Bertz CT molecular complexity index is 931. The number of thiophene rings is 1. The lowest BCUT2D eigenvalue weighted by Crippen LogP contribution is -2.30. The molecule has 1 atom stereocenters. The Morgan fingerprint density at radius 2 is 2.09 bits per heavy atom. The van der Waals surface area contributed by atoms with Gasteiger partial charge >= 0.3 is 0 Å². The number of rotatable bonds is 3. The number of sulfonamides is 1. The Kier molecular flexibility index (Phi) is 3.68. The van der Waals surface area contributed by atoms with Crippen molar-refractivity contribution in [2.24, 2.45) is 0 Å². The standard InChI is InChI=1S/C15H14ClN3O2S2/c16-13-7-8-14(22-13)23(20,21)19-9-3-6-12(19)15-17-10-4-1-2-5-11(10)18-15/h1-2,4-5,7-8,12H,3,6,9H2,(H,17,18)/t12-/m1/s1. The SMILES string of the molecule is O=S(=O)(c1ccc(Cl)s1)N1CCC[C@@H]1c1nc2ccccc2[nH]1. The summed E-state index contributed by atoms with van der Waals surface area (Å²) in [4.78, 5) is 7.83. The molecule has 0 bridgehead atoms. The monoisotopic (exact) mass is 367 g/mol. The number of imidazole rings is 1. The maximum Gasteiger partial charge on any atom is 0.253 e. The molecule has 0 saturated carbocycles. The van der Waals surface area contributed by atoms with Crippen molar-refractivity contribution in [1.82, 2.24) is 14.3 Å². The van der Waals surface area contributed by atoms with Gasteiger partial charge in [-0.3, -0.25) is 0 Å². The molecule has 1 fully saturated rings. The van der Waals surface area contributed by atoms with Crippen LogP contribution in [0.4, 0.5) is 0 Å². The number of fused-ring (bicyclic) bond motifs is 1. The molecule has 1 saturated heterocycles. The molecule has 1 aliphatic heterocycles. The van der Waals surface area contributed by atoms with E-state index < -0.39 is 10.0 Å². The zero-order valence-electron chi connectivity index (χ0n) is 12.1. The predicted octanol–water partition coefficient (Wildman–Crippen LogP) is 3.80. The molecule has 23 heavy (non-hydrogen) atoms. The third kappa shape index (κ3) is 2.57. The average Bonchev–Trinajstić information content (AvgIpc) is 3.25. The number of halogens is 1. The molecule has 2 aromatic heterocycles. The lowest BCUT2D eigenvalue weighted by Gasteiger charge is -2.21. The number of benzene rings is 1. The summed E-state index contributed by atoms with van der Waals surface area (Å²) in [6.45, 7) is 0.500. The second-order valence-electron chi connectivity index (χ2n) is 5.47. The van der Waals surface area contributed by atoms with Crippen molar-refractivity contribution in [2.75, 3.05) is 6.54 Å². The van der Waals surface area contributed by atoms with E-state index in [2.05, 4.69) is 9.97 Å². The minimum Gasteiger partial charge on any atom is -0.341 e. The topological polar surface area (TPSA) is 66.1 Å². The first kappa shape index (κ1) is 15.1. The quantitative estimate of drug-likeness (QED) is 0.765. The maximum atomic E-state index is 12.9. The number of hydrogen-bond donors (Lipinski definition) is 1. The lowest BCUT2D eigenvalue weighted by atomic mass is 10.2. The number of hydrogen-bond acceptors (Lipinski definition) is 4. The highest BCUT2D eigenvalue weighted by atomic mass is 35.5. The van der Waals surface area contributed by atoms with Crippen LogP contribution in [0, 0.1) is 0 Å². The molecule has 8 heteroatoms. The van der Waals surface area contributed by atoms with Crippen molar-refractivity contribution in [1.29, 1.82) is 0 Å². The molecule has 4 rings (SSSR count). The van der Waals surface area contributed by atoms with Crippen LogP contribution in [0.2, 0.25) is 4.34 Å². The molecule has 1 N–H and O–H groups in total. The third-order valence-electron chi connectivity index (χ3n) is 4.04. The summed E-state index contributed by atoms with van der Waals surface area (Å²) >= 11 is 6.99. The fourth-order valence-electron chi connectivity index (χ4n) is 2.98. The van der Waals surface area contributed by atoms with Gasteiger partial charge < -0.3 is 4.98 Å². The summed E-state index contributed by atoms with van der Waals surface area (Å²) in [5.74, 6) is 0.704. The van der Waals surface area contributed by atoms with Crippen molar-refractivity contribution < 1.29 is 8.42 Å². The van der Waals surface area contributed by atoms with Gasteiger partial charge in [-0.05, 0) is 37.1 Å². The van der Waals surface area contributed by atoms with Crippen LogP contribution in [0.25, 0.3) is 11.0 Å². The van der Waals surface area contributed by atoms with Crippen molar-refractivity contribution in [3.8, 4) is 0 Å². The first-order valence-corrected chi connectivity index (χ1v) is 9.91. The van der Waals surface area contributed by atoms with Crippen LogP contribution in [0.1, 0.15) is 24.7 Å². The first-order chi connectivity index (χ1) is 11.1. The van der Waals surface area contributed by atoms with Gasteiger partial charge in [-0.2, -0.15) is 4.31 Å². The smallest absolute Gasteiger partial charge is 0.253 e. The molecule has 0 radical (unpaired) electrons. The molecule has 3 aromatic rings. The van der Waals surface area contributed by atoms with E-state index >= 15 is 0 Å². The Labute approximate surface area is 143 Å². The highest BCUT2D eigenvalue weighted by Gasteiger charge is 2.38. The number of nitrogens with zero attached hydrogens (tertiary/aromatic N) is 2. The Morgan fingerprint density at radius 1 is 1.26 bits per heavy atom. The van der Waals surface area contributed by atoms with Crippen molar-refractivity contribution in [3.05, 3.63) is 46.6 Å². The van der Waals surface area contributed by atoms with Gasteiger partial charge in [0.05, 0.1) is 21.4 Å². The Hall–Kier alpha value is -1.41. The fraction of sp³-hybridized carbons (Fsp3) is 0.267. The average molecular weight is 368 g/mol. The predicted molar refractivity (Wildman–Crippen MR) is 91.3 cm³/mol. The van der Waals surface area contributed by atoms with Gasteiger partial charge in [0.25, 0.3) is 10.0 Å². The summed E-state index contributed by atoms with van der Waals surface area (Å²) in [6, 6.07) is 10.6. The summed E-state index contributed by atoms with van der Waals surface area (Å²) in [7, 11) is -3.55. The van der Waals surface area contributed by atoms with Crippen LogP contribution < -0.4 is 0 Å². The zero-order valence-corrected chi connectivity index (χ0v) is 14.5. The van der Waals surface area contributed by atoms with Crippen LogP contribution in [0.5, 0.6) is 0 Å². The Balaban J connectivity index is 1.74. The molecule has 1 aliphatic rings. The van der Waals surface area contributed by atoms with Gasteiger partial charge in [0.2, 0.25) is 0 Å². The molecule has 3 heterocycles. The van der Waals surface area contributed by atoms with Crippen LogP contribution >= 0.6 is 22.9 Å². The molecular weight excluding hydrogens is 354 g/mol. The van der Waals surface area contributed by atoms with Crippen LogP contribution in [0.3, 0.4) is 0 Å². The molecule has 5 nitrogen and oxygen atoms in total. The number of aromatic amines is 1. The normalized spacial score (nSPS) is 19.6. The minimum atomic E-state index is -3.55. The van der Waals surface area contributed by atoms with Gasteiger partial charge in [0.15, 0.2) is 0 Å². The minimum absolute atomic E-state index is 0.256. The van der Waals surface area contributed by atoms with E-state index in [-0.39, 0.29) is 10.3 Å². The molecular formula is C15H14ClN3O2S2. The van der Waals surface area contributed by atoms with E-state index in [0.29, 0.717) is 16.7 Å². The van der Waals surface area contributed by atoms with Crippen LogP contribution in [-0.2, 0) is 10.0 Å². The maximum absolute atomic E-state index is 12.9. The molecule has 0 spiro atoms. The van der Waals surface area contributed by atoms with Crippen molar-refractivity contribution in [2.45, 2.75) is 23.1 Å². The number of H-pyrrole nitrogens is 1. The number of para-hydroxylation sites is 2. The lowest BCUT2D eigenvalue weighted by molar-refractivity contribution is 0.387. The van der Waals surface area contributed by atoms with Gasteiger partial charge in [-0.15, -0.1) is 11.3 Å². The van der Waals surface area contributed by atoms with Gasteiger partial charge in [-0.1, -0.05) is 23.7 Å².